The van der Waals surface area contributed by atoms with Crippen LogP contribution in [0.2, 0.25) is 5.02 Å². The number of nitrogens with one attached hydrogen (secondary N) is 3. The third-order valence-corrected chi connectivity index (χ3v) is 3.86. The predicted octanol–water partition coefficient (Wildman–Crippen LogP) is 2.88. The molecule has 25 heavy (non-hydrogen) atoms. The van der Waals surface area contributed by atoms with E-state index in [0.29, 0.717) is 10.7 Å². The van der Waals surface area contributed by atoms with E-state index in [-0.39, 0.29) is 36.8 Å². The molecule has 0 saturated carbocycles. The summed E-state index contributed by atoms with van der Waals surface area (Å²) >= 11 is 6.11. The van der Waals surface area contributed by atoms with Gasteiger partial charge in [-0.25, -0.2) is 4.39 Å². The first-order valence-electron chi connectivity index (χ1n) is 7.75. The second-order valence-electron chi connectivity index (χ2n) is 5.46. The number of carbonyl (C=O) groups is 2. The van der Waals surface area contributed by atoms with E-state index in [1.807, 2.05) is 25.1 Å². The van der Waals surface area contributed by atoms with E-state index in [1.54, 1.807) is 6.07 Å². The molecule has 2 aromatic carbocycles. The van der Waals surface area contributed by atoms with E-state index in [9.17, 15) is 14.0 Å². The third kappa shape index (κ3) is 6.17. The summed E-state index contributed by atoms with van der Waals surface area (Å²) in [6, 6.07) is 12.7. The number of carbonyl (C=O) groups excluding carboxylic acids is 2. The SMILES string of the molecule is C[C@H](NCC(=O)NCC(=O)Nc1ccc(F)cc1)c1ccccc1Cl. The van der Waals surface area contributed by atoms with E-state index < -0.39 is 0 Å². The van der Waals surface area contributed by atoms with Gasteiger partial charge in [-0.05, 0) is 42.8 Å². The molecular formula is C18H19ClFN3O2. The van der Waals surface area contributed by atoms with E-state index >= 15 is 0 Å². The Hall–Kier alpha value is -2.44. The molecule has 0 spiro atoms. The van der Waals surface area contributed by atoms with Gasteiger partial charge in [-0.3, -0.25) is 9.59 Å². The molecule has 0 aliphatic rings. The minimum Gasteiger partial charge on any atom is -0.346 e. The van der Waals surface area contributed by atoms with Gasteiger partial charge in [0.25, 0.3) is 0 Å². The monoisotopic (exact) mass is 363 g/mol. The van der Waals surface area contributed by atoms with Crippen molar-refractivity contribution < 1.29 is 14.0 Å². The predicted molar refractivity (Wildman–Crippen MR) is 95.9 cm³/mol. The van der Waals surface area contributed by atoms with Crippen LogP contribution in [0, 0.1) is 5.82 Å². The van der Waals surface area contributed by atoms with Gasteiger partial charge in [0.15, 0.2) is 0 Å². The van der Waals surface area contributed by atoms with Gasteiger partial charge in [-0.2, -0.15) is 0 Å². The molecule has 132 valence electrons. The fourth-order valence-corrected chi connectivity index (χ4v) is 2.46. The average Bonchev–Trinajstić information content (AvgIpc) is 2.60. The van der Waals surface area contributed by atoms with Crippen LogP contribution in [0.4, 0.5) is 10.1 Å². The summed E-state index contributed by atoms with van der Waals surface area (Å²) in [5.74, 6) is -1.09. The summed E-state index contributed by atoms with van der Waals surface area (Å²) in [6.45, 7) is 1.78. The molecule has 0 aromatic heterocycles. The molecular weight excluding hydrogens is 345 g/mol. The molecule has 0 radical (unpaired) electrons. The zero-order chi connectivity index (χ0) is 18.2. The summed E-state index contributed by atoms with van der Waals surface area (Å²) in [7, 11) is 0. The highest BCUT2D eigenvalue weighted by Crippen LogP contribution is 2.21. The van der Waals surface area contributed by atoms with Crippen LogP contribution in [0.5, 0.6) is 0 Å². The summed E-state index contributed by atoms with van der Waals surface area (Å²) in [5, 5.41) is 8.76. The first kappa shape index (κ1) is 18.9. The van der Waals surface area contributed by atoms with Crippen molar-refractivity contribution in [2.45, 2.75) is 13.0 Å². The molecule has 0 aliphatic heterocycles. The molecule has 2 rings (SSSR count). The Kier molecular flexibility index (Phi) is 6.91. The number of hydrogen-bond acceptors (Lipinski definition) is 3. The maximum Gasteiger partial charge on any atom is 0.243 e. The van der Waals surface area contributed by atoms with Crippen LogP contribution in [-0.2, 0) is 9.59 Å². The molecule has 2 amide bonds. The van der Waals surface area contributed by atoms with Crippen molar-refractivity contribution in [2.24, 2.45) is 0 Å². The Bertz CT molecular complexity index is 737. The zero-order valence-electron chi connectivity index (χ0n) is 13.7. The van der Waals surface area contributed by atoms with Gasteiger partial charge in [-0.15, -0.1) is 0 Å². The van der Waals surface area contributed by atoms with Crippen molar-refractivity contribution in [3.63, 3.8) is 0 Å². The minimum atomic E-state index is -0.390. The third-order valence-electron chi connectivity index (χ3n) is 3.51. The maximum absolute atomic E-state index is 12.8. The van der Waals surface area contributed by atoms with E-state index in [4.69, 9.17) is 11.6 Å². The second-order valence-corrected chi connectivity index (χ2v) is 5.86. The van der Waals surface area contributed by atoms with Crippen molar-refractivity contribution >= 4 is 29.1 Å². The second kappa shape index (κ2) is 9.15. The molecule has 0 bridgehead atoms. The highest BCUT2D eigenvalue weighted by atomic mass is 35.5. The first-order chi connectivity index (χ1) is 12.0. The van der Waals surface area contributed by atoms with Crippen LogP contribution < -0.4 is 16.0 Å². The van der Waals surface area contributed by atoms with Gasteiger partial charge in [0.1, 0.15) is 5.82 Å². The van der Waals surface area contributed by atoms with E-state index in [0.717, 1.165) is 5.56 Å². The fourth-order valence-electron chi connectivity index (χ4n) is 2.16. The lowest BCUT2D eigenvalue weighted by Gasteiger charge is -2.15. The van der Waals surface area contributed by atoms with Gasteiger partial charge in [0, 0.05) is 16.8 Å². The molecule has 0 fully saturated rings. The molecule has 0 aliphatic carbocycles. The Morgan fingerprint density at radius 1 is 1.04 bits per heavy atom. The van der Waals surface area contributed by atoms with E-state index in [2.05, 4.69) is 16.0 Å². The molecule has 1 atom stereocenters. The molecule has 0 heterocycles. The lowest BCUT2D eigenvalue weighted by molar-refractivity contribution is -0.123. The van der Waals surface area contributed by atoms with Gasteiger partial charge in [-0.1, -0.05) is 29.8 Å². The molecule has 7 heteroatoms. The molecule has 2 aromatic rings. The lowest BCUT2D eigenvalue weighted by atomic mass is 10.1. The van der Waals surface area contributed by atoms with Crippen LogP contribution in [0.3, 0.4) is 0 Å². The summed E-state index contributed by atoms with van der Waals surface area (Å²) in [5.41, 5.74) is 1.36. The Balaban J connectivity index is 1.72. The standard InChI is InChI=1S/C18H19ClFN3O2/c1-12(15-4-2-3-5-16(15)19)21-10-17(24)22-11-18(25)23-14-8-6-13(20)7-9-14/h2-9,12,21H,10-11H2,1H3,(H,22,24)(H,23,25)/t12-/m0/s1. The summed E-state index contributed by atoms with van der Waals surface area (Å²) < 4.78 is 12.8. The first-order valence-corrected chi connectivity index (χ1v) is 8.13. The summed E-state index contributed by atoms with van der Waals surface area (Å²) in [4.78, 5) is 23.6. The van der Waals surface area contributed by atoms with Crippen LogP contribution in [-0.4, -0.2) is 24.9 Å². The molecule has 5 nitrogen and oxygen atoms in total. The summed E-state index contributed by atoms with van der Waals surface area (Å²) in [6.07, 6.45) is 0. The Labute approximate surface area is 150 Å². The lowest BCUT2D eigenvalue weighted by Crippen LogP contribution is -2.39. The Morgan fingerprint density at radius 2 is 1.72 bits per heavy atom. The van der Waals surface area contributed by atoms with Crippen molar-refractivity contribution in [1.29, 1.82) is 0 Å². The van der Waals surface area contributed by atoms with Gasteiger partial charge in [0.05, 0.1) is 13.1 Å². The van der Waals surface area contributed by atoms with Crippen LogP contribution in [0.25, 0.3) is 0 Å². The highest BCUT2D eigenvalue weighted by molar-refractivity contribution is 6.31. The van der Waals surface area contributed by atoms with Gasteiger partial charge < -0.3 is 16.0 Å². The van der Waals surface area contributed by atoms with Crippen molar-refractivity contribution in [3.05, 3.63) is 64.9 Å². The Morgan fingerprint density at radius 3 is 2.40 bits per heavy atom. The van der Waals surface area contributed by atoms with Crippen LogP contribution in [0.15, 0.2) is 48.5 Å². The van der Waals surface area contributed by atoms with Gasteiger partial charge in [0.2, 0.25) is 11.8 Å². The van der Waals surface area contributed by atoms with Crippen molar-refractivity contribution in [3.8, 4) is 0 Å². The van der Waals surface area contributed by atoms with Crippen molar-refractivity contribution in [2.75, 3.05) is 18.4 Å². The number of rotatable bonds is 7. The molecule has 0 unspecified atom stereocenters. The number of hydrogen-bond donors (Lipinski definition) is 3. The highest BCUT2D eigenvalue weighted by Gasteiger charge is 2.11. The zero-order valence-corrected chi connectivity index (χ0v) is 14.4. The number of anilines is 1. The molecule has 3 N–H and O–H groups in total. The number of benzene rings is 2. The minimum absolute atomic E-state index is 0.0518. The topological polar surface area (TPSA) is 70.2 Å². The average molecular weight is 364 g/mol. The molecule has 0 saturated heterocycles. The normalized spacial score (nSPS) is 11.6. The quantitative estimate of drug-likeness (QED) is 0.708. The number of amides is 2. The van der Waals surface area contributed by atoms with Crippen LogP contribution in [0.1, 0.15) is 18.5 Å². The van der Waals surface area contributed by atoms with Crippen LogP contribution >= 0.6 is 11.6 Å². The van der Waals surface area contributed by atoms with Crippen molar-refractivity contribution in [1.82, 2.24) is 10.6 Å². The maximum atomic E-state index is 12.8. The smallest absolute Gasteiger partial charge is 0.243 e. The van der Waals surface area contributed by atoms with E-state index in [1.165, 1.54) is 24.3 Å². The fraction of sp³-hybridized carbons (Fsp3) is 0.222. The largest absolute Gasteiger partial charge is 0.346 e. The van der Waals surface area contributed by atoms with Gasteiger partial charge >= 0.3 is 0 Å². The number of halogens is 2.